The lowest BCUT2D eigenvalue weighted by Crippen LogP contribution is -2.23. The lowest BCUT2D eigenvalue weighted by atomic mass is 9.99. The highest BCUT2D eigenvalue weighted by Gasteiger charge is 2.16. The first-order chi connectivity index (χ1) is 15.6. The van der Waals surface area contributed by atoms with Crippen molar-refractivity contribution in [1.82, 2.24) is 14.9 Å². The molecule has 1 atom stereocenters. The number of hydrogen-bond acceptors (Lipinski definition) is 4. The van der Waals surface area contributed by atoms with E-state index in [2.05, 4.69) is 58.5 Å². The molecule has 1 amide bonds. The van der Waals surface area contributed by atoms with E-state index in [0.717, 1.165) is 41.8 Å². The van der Waals surface area contributed by atoms with E-state index in [1.807, 2.05) is 43.3 Å². The van der Waals surface area contributed by atoms with E-state index in [1.54, 1.807) is 12.3 Å². The largest absolute Gasteiger partial charge is 0.310 e. The fourth-order valence-corrected chi connectivity index (χ4v) is 3.70. The second-order valence-electron chi connectivity index (χ2n) is 7.97. The Morgan fingerprint density at radius 3 is 2.47 bits per heavy atom. The highest BCUT2D eigenvalue weighted by molar-refractivity contribution is 5.94. The Kier molecular flexibility index (Phi) is 6.87. The number of carbonyl (C=O) groups excluding carboxylic acids is 1. The minimum atomic E-state index is -0.255. The van der Waals surface area contributed by atoms with E-state index in [1.165, 1.54) is 5.56 Å². The number of hydrogen-bond donors (Lipinski definition) is 1. The summed E-state index contributed by atoms with van der Waals surface area (Å²) >= 11 is 0. The van der Waals surface area contributed by atoms with Crippen LogP contribution in [0.3, 0.4) is 0 Å². The third-order valence-electron chi connectivity index (χ3n) is 5.68. The third kappa shape index (κ3) is 5.37. The molecule has 0 saturated carbocycles. The molecule has 0 aliphatic rings. The van der Waals surface area contributed by atoms with Crippen molar-refractivity contribution in [3.63, 3.8) is 0 Å². The number of amides is 1. The molecule has 0 saturated heterocycles. The molecule has 4 rings (SSSR count). The van der Waals surface area contributed by atoms with Crippen molar-refractivity contribution in [3.05, 3.63) is 102 Å². The van der Waals surface area contributed by atoms with Crippen LogP contribution >= 0.6 is 0 Å². The van der Waals surface area contributed by atoms with E-state index in [4.69, 9.17) is 4.98 Å². The zero-order valence-corrected chi connectivity index (χ0v) is 18.5. The van der Waals surface area contributed by atoms with Gasteiger partial charge in [0.2, 0.25) is 5.91 Å². The maximum atomic E-state index is 12.6. The number of nitrogens with one attached hydrogen (secondary N) is 1. The Bertz CT molecular complexity index is 1180. The fourth-order valence-electron chi connectivity index (χ4n) is 3.70. The average molecular weight is 425 g/mol. The van der Waals surface area contributed by atoms with Crippen LogP contribution < -0.4 is 5.32 Å². The van der Waals surface area contributed by atoms with Crippen LogP contribution in [0.5, 0.6) is 0 Å². The van der Waals surface area contributed by atoms with Gasteiger partial charge >= 0.3 is 0 Å². The van der Waals surface area contributed by atoms with Crippen molar-refractivity contribution in [3.8, 4) is 0 Å². The number of nitrogens with zero attached hydrogens (tertiary/aromatic N) is 3. The molecule has 0 fully saturated rings. The number of anilines is 1. The first-order valence-electron chi connectivity index (χ1n) is 11.0. The molecule has 2 heterocycles. The lowest BCUT2D eigenvalue weighted by Gasteiger charge is -2.21. The number of para-hydroxylation sites is 1. The van der Waals surface area contributed by atoms with Gasteiger partial charge in [0.1, 0.15) is 5.82 Å². The van der Waals surface area contributed by atoms with Crippen LogP contribution in [0.2, 0.25) is 0 Å². The maximum absolute atomic E-state index is 12.6. The van der Waals surface area contributed by atoms with E-state index < -0.39 is 0 Å². The minimum Gasteiger partial charge on any atom is -0.310 e. The Morgan fingerprint density at radius 1 is 0.938 bits per heavy atom. The summed E-state index contributed by atoms with van der Waals surface area (Å²) in [4.78, 5) is 23.9. The standard InChI is InChI=1S/C27H28N4O/c1-3-31(19-24-16-15-23-8-4-5-9-25(23)29-24)18-21-11-13-22(14-12-21)20(2)27(32)30-26-10-6-7-17-28-26/h4-17,20H,3,18-19H2,1-2H3,(H,28,30,32)/t20-/m1/s1. The number of aromatic nitrogens is 2. The molecule has 5 nitrogen and oxygen atoms in total. The molecular formula is C27H28N4O. The zero-order chi connectivity index (χ0) is 22.3. The summed E-state index contributed by atoms with van der Waals surface area (Å²) in [5.74, 6) is 0.256. The predicted molar refractivity (Wildman–Crippen MR) is 129 cm³/mol. The number of benzene rings is 2. The smallest absolute Gasteiger partial charge is 0.232 e. The number of carbonyl (C=O) groups is 1. The summed E-state index contributed by atoms with van der Waals surface area (Å²) < 4.78 is 0. The number of pyridine rings is 2. The van der Waals surface area contributed by atoms with Gasteiger partial charge in [-0.3, -0.25) is 14.7 Å². The molecule has 32 heavy (non-hydrogen) atoms. The first kappa shape index (κ1) is 21.7. The van der Waals surface area contributed by atoms with Crippen LogP contribution in [-0.4, -0.2) is 27.3 Å². The van der Waals surface area contributed by atoms with E-state index >= 15 is 0 Å². The van der Waals surface area contributed by atoms with E-state index in [0.29, 0.717) is 5.82 Å². The van der Waals surface area contributed by atoms with Crippen LogP contribution in [0.25, 0.3) is 10.9 Å². The number of fused-ring (bicyclic) bond motifs is 1. The van der Waals surface area contributed by atoms with Crippen molar-refractivity contribution in [2.75, 3.05) is 11.9 Å². The van der Waals surface area contributed by atoms with E-state index in [9.17, 15) is 4.79 Å². The van der Waals surface area contributed by atoms with Gasteiger partial charge in [-0.2, -0.15) is 0 Å². The second-order valence-corrected chi connectivity index (χ2v) is 7.97. The van der Waals surface area contributed by atoms with Crippen molar-refractivity contribution < 1.29 is 4.79 Å². The molecule has 5 heteroatoms. The minimum absolute atomic E-state index is 0.0611. The normalized spacial score (nSPS) is 12.1. The fraction of sp³-hybridized carbons (Fsp3) is 0.222. The highest BCUT2D eigenvalue weighted by atomic mass is 16.1. The third-order valence-corrected chi connectivity index (χ3v) is 5.68. The van der Waals surface area contributed by atoms with Crippen LogP contribution in [0.15, 0.2) is 85.1 Å². The maximum Gasteiger partial charge on any atom is 0.232 e. The monoisotopic (exact) mass is 424 g/mol. The SMILES string of the molecule is CCN(Cc1ccc([C@@H](C)C(=O)Nc2ccccn2)cc1)Cc1ccc2ccccc2n1. The summed E-state index contributed by atoms with van der Waals surface area (Å²) in [5, 5.41) is 4.03. The topological polar surface area (TPSA) is 58.1 Å². The quantitative estimate of drug-likeness (QED) is 0.412. The molecule has 162 valence electrons. The van der Waals surface area contributed by atoms with Crippen molar-refractivity contribution in [1.29, 1.82) is 0 Å². The molecule has 0 spiro atoms. The Morgan fingerprint density at radius 2 is 1.72 bits per heavy atom. The molecule has 0 aliphatic heterocycles. The van der Waals surface area contributed by atoms with Gasteiger partial charge in [-0.25, -0.2) is 4.98 Å². The van der Waals surface area contributed by atoms with Gasteiger partial charge in [0, 0.05) is 24.7 Å². The summed E-state index contributed by atoms with van der Waals surface area (Å²) in [6.07, 6.45) is 1.67. The molecule has 0 radical (unpaired) electrons. The summed E-state index contributed by atoms with van der Waals surface area (Å²) in [5.41, 5.74) is 4.31. The lowest BCUT2D eigenvalue weighted by molar-refractivity contribution is -0.117. The van der Waals surface area contributed by atoms with Crippen LogP contribution in [0.1, 0.15) is 36.6 Å². The van der Waals surface area contributed by atoms with Crippen molar-refractivity contribution >= 4 is 22.6 Å². The van der Waals surface area contributed by atoms with Gasteiger partial charge in [0.15, 0.2) is 0 Å². The highest BCUT2D eigenvalue weighted by Crippen LogP contribution is 2.19. The zero-order valence-electron chi connectivity index (χ0n) is 18.5. The Hall–Kier alpha value is -3.57. The first-order valence-corrected chi connectivity index (χ1v) is 11.0. The summed E-state index contributed by atoms with van der Waals surface area (Å²) in [6, 6.07) is 26.2. The van der Waals surface area contributed by atoms with Crippen LogP contribution in [-0.2, 0) is 17.9 Å². The summed E-state index contributed by atoms with van der Waals surface area (Å²) in [6.45, 7) is 6.64. The summed E-state index contributed by atoms with van der Waals surface area (Å²) in [7, 11) is 0. The van der Waals surface area contributed by atoms with Crippen molar-refractivity contribution in [2.45, 2.75) is 32.9 Å². The van der Waals surface area contributed by atoms with Gasteiger partial charge in [-0.15, -0.1) is 0 Å². The molecule has 2 aromatic heterocycles. The van der Waals surface area contributed by atoms with Gasteiger partial charge in [0.25, 0.3) is 0 Å². The van der Waals surface area contributed by atoms with Crippen LogP contribution in [0.4, 0.5) is 5.82 Å². The van der Waals surface area contributed by atoms with Gasteiger partial charge in [0.05, 0.1) is 17.1 Å². The Labute approximate surface area is 189 Å². The molecule has 0 aliphatic carbocycles. The molecule has 0 unspecified atom stereocenters. The molecule has 2 aromatic carbocycles. The second kappa shape index (κ2) is 10.2. The van der Waals surface area contributed by atoms with Gasteiger partial charge in [-0.1, -0.05) is 61.5 Å². The molecule has 0 bridgehead atoms. The molecule has 4 aromatic rings. The molecular weight excluding hydrogens is 396 g/mol. The van der Waals surface area contributed by atoms with Gasteiger partial charge < -0.3 is 5.32 Å². The Balaban J connectivity index is 1.38. The van der Waals surface area contributed by atoms with Crippen molar-refractivity contribution in [2.24, 2.45) is 0 Å². The van der Waals surface area contributed by atoms with Crippen LogP contribution in [0, 0.1) is 0 Å². The number of rotatable bonds is 8. The predicted octanol–water partition coefficient (Wildman–Crippen LogP) is 5.39. The van der Waals surface area contributed by atoms with Gasteiger partial charge in [-0.05, 0) is 48.9 Å². The van der Waals surface area contributed by atoms with E-state index in [-0.39, 0.29) is 11.8 Å². The average Bonchev–Trinajstić information content (AvgIpc) is 2.84. The molecule has 1 N–H and O–H groups in total.